The summed E-state index contributed by atoms with van der Waals surface area (Å²) < 4.78 is 12.4. The van der Waals surface area contributed by atoms with Crippen LogP contribution in [0.25, 0.3) is 21.5 Å². The first-order valence-electron chi connectivity index (χ1n) is 15.3. The number of benzene rings is 3. The number of esters is 2. The Morgan fingerprint density at radius 2 is 1.16 bits per heavy atom. The van der Waals surface area contributed by atoms with Gasteiger partial charge in [-0.3, -0.25) is 19.2 Å². The molecule has 7 rings (SSSR count). The van der Waals surface area contributed by atoms with Gasteiger partial charge in [-0.2, -0.15) is 0 Å². The molecule has 0 saturated heterocycles. The van der Waals surface area contributed by atoms with Gasteiger partial charge in [0.15, 0.2) is 0 Å². The summed E-state index contributed by atoms with van der Waals surface area (Å²) in [5.74, 6) is -6.60. The van der Waals surface area contributed by atoms with Gasteiger partial charge >= 0.3 is 23.9 Å². The van der Waals surface area contributed by atoms with Crippen LogP contribution in [0.15, 0.2) is 65.8 Å². The number of carbonyl (C=O) groups excluding carboxylic acids is 2. The van der Waals surface area contributed by atoms with E-state index in [9.17, 15) is 29.4 Å². The van der Waals surface area contributed by atoms with Gasteiger partial charge in [0.2, 0.25) is 0 Å². The minimum absolute atomic E-state index is 0.184. The van der Waals surface area contributed by atoms with Gasteiger partial charge in [0.1, 0.15) is 11.5 Å². The predicted octanol–water partition coefficient (Wildman–Crippen LogP) is 6.19. The highest BCUT2D eigenvalue weighted by molar-refractivity contribution is 6.14. The van der Waals surface area contributed by atoms with Crippen LogP contribution in [0.5, 0.6) is 11.5 Å². The zero-order chi connectivity index (χ0) is 31.0. The summed E-state index contributed by atoms with van der Waals surface area (Å²) in [6, 6.07) is 12.8. The zero-order valence-corrected chi connectivity index (χ0v) is 24.8. The average molecular weight is 595 g/mol. The van der Waals surface area contributed by atoms with Crippen molar-refractivity contribution in [2.24, 2.45) is 47.3 Å². The molecule has 2 N–H and O–H groups in total. The summed E-state index contributed by atoms with van der Waals surface area (Å²) in [7, 11) is 0. The van der Waals surface area contributed by atoms with Crippen molar-refractivity contribution in [3.8, 4) is 11.5 Å². The van der Waals surface area contributed by atoms with Gasteiger partial charge in [0.25, 0.3) is 0 Å². The minimum atomic E-state index is -0.998. The Hall–Kier alpha value is -4.46. The number of aliphatic carboxylic acids is 2. The number of fused-ring (bicyclic) bond motifs is 6. The Labute approximate surface area is 254 Å². The summed E-state index contributed by atoms with van der Waals surface area (Å²) >= 11 is 0. The molecule has 8 unspecified atom stereocenters. The second-order valence-corrected chi connectivity index (χ2v) is 12.9. The van der Waals surface area contributed by atoms with E-state index in [1.54, 1.807) is 24.3 Å². The van der Waals surface area contributed by atoms with Crippen molar-refractivity contribution in [1.29, 1.82) is 0 Å². The van der Waals surface area contributed by atoms with Gasteiger partial charge in [-0.25, -0.2) is 0 Å². The van der Waals surface area contributed by atoms with Crippen LogP contribution >= 0.6 is 0 Å². The number of hydrogen-bond donors (Lipinski definition) is 2. The van der Waals surface area contributed by atoms with Crippen LogP contribution < -0.4 is 9.47 Å². The van der Waals surface area contributed by atoms with Crippen molar-refractivity contribution in [3.63, 3.8) is 0 Å². The molecule has 2 fully saturated rings. The Balaban J connectivity index is 1.33. The molecule has 0 aliphatic heterocycles. The van der Waals surface area contributed by atoms with Crippen molar-refractivity contribution >= 4 is 45.4 Å². The number of hydrogen-bond acceptors (Lipinski definition) is 6. The van der Waals surface area contributed by atoms with E-state index < -0.39 is 47.5 Å². The molecular formula is C36H34O8. The Bertz CT molecular complexity index is 1830. The van der Waals surface area contributed by atoms with Crippen molar-refractivity contribution in [3.05, 3.63) is 71.3 Å². The maximum Gasteiger partial charge on any atom is 0.315 e. The van der Waals surface area contributed by atoms with Crippen LogP contribution in [0.3, 0.4) is 0 Å². The van der Waals surface area contributed by atoms with E-state index in [0.29, 0.717) is 52.3 Å². The van der Waals surface area contributed by atoms with E-state index >= 15 is 0 Å². The molecule has 0 aromatic heterocycles. The molecular weight excluding hydrogens is 560 g/mol. The molecule has 0 heterocycles. The summed E-state index contributed by atoms with van der Waals surface area (Å²) in [6.45, 7) is 5.82. The second kappa shape index (κ2) is 10.3. The molecule has 3 aromatic carbocycles. The maximum atomic E-state index is 13.9. The van der Waals surface area contributed by atoms with Crippen molar-refractivity contribution in [1.82, 2.24) is 0 Å². The molecule has 8 heteroatoms. The smallest absolute Gasteiger partial charge is 0.315 e. The van der Waals surface area contributed by atoms with E-state index in [-0.39, 0.29) is 23.7 Å². The van der Waals surface area contributed by atoms with Gasteiger partial charge < -0.3 is 19.7 Å². The molecule has 2 saturated carbocycles. The molecule has 4 aliphatic rings. The van der Waals surface area contributed by atoms with E-state index in [2.05, 4.69) is 0 Å². The monoisotopic (exact) mass is 594 g/mol. The molecule has 226 valence electrons. The lowest BCUT2D eigenvalue weighted by Gasteiger charge is -2.27. The van der Waals surface area contributed by atoms with Gasteiger partial charge in [-0.1, -0.05) is 72.7 Å². The molecule has 0 radical (unpaired) electrons. The average Bonchev–Trinajstić information content (AvgIpc) is 3.76. The fourth-order valence-electron chi connectivity index (χ4n) is 8.77. The molecule has 4 bridgehead atoms. The first-order valence-corrected chi connectivity index (χ1v) is 15.3. The summed E-state index contributed by atoms with van der Waals surface area (Å²) in [4.78, 5) is 52.3. The highest BCUT2D eigenvalue weighted by Crippen LogP contribution is 2.54. The van der Waals surface area contributed by atoms with Gasteiger partial charge in [0, 0.05) is 21.5 Å². The molecule has 44 heavy (non-hydrogen) atoms. The topological polar surface area (TPSA) is 127 Å². The van der Waals surface area contributed by atoms with Crippen molar-refractivity contribution in [2.75, 3.05) is 0 Å². The second-order valence-electron chi connectivity index (χ2n) is 12.9. The molecule has 0 spiro atoms. The third-order valence-corrected chi connectivity index (χ3v) is 10.7. The van der Waals surface area contributed by atoms with Gasteiger partial charge in [-0.05, 0) is 62.3 Å². The van der Waals surface area contributed by atoms with Crippen LogP contribution in [0.1, 0.15) is 39.2 Å². The number of rotatable bonds is 7. The summed E-state index contributed by atoms with van der Waals surface area (Å²) in [6.07, 6.45) is 5.84. The van der Waals surface area contributed by atoms with E-state index in [0.717, 1.165) is 16.7 Å². The fourth-order valence-corrected chi connectivity index (χ4v) is 8.77. The Morgan fingerprint density at radius 3 is 1.66 bits per heavy atom. The highest BCUT2D eigenvalue weighted by atomic mass is 16.5. The number of carboxylic acids is 2. The Morgan fingerprint density at radius 1 is 0.682 bits per heavy atom. The van der Waals surface area contributed by atoms with E-state index in [1.165, 1.54) is 0 Å². The Kier molecular flexibility index (Phi) is 6.64. The zero-order valence-electron chi connectivity index (χ0n) is 24.8. The highest BCUT2D eigenvalue weighted by Gasteiger charge is 2.56. The molecule has 8 nitrogen and oxygen atoms in total. The molecule has 8 atom stereocenters. The fraction of sp³-hybridized carbons (Fsp3) is 0.389. The van der Waals surface area contributed by atoms with Crippen LogP contribution in [-0.4, -0.2) is 34.1 Å². The van der Waals surface area contributed by atoms with Crippen LogP contribution in [0, 0.1) is 47.3 Å². The number of carboxylic acid groups (broad SMARTS) is 2. The number of ether oxygens (including phenoxy) is 2. The predicted molar refractivity (Wildman–Crippen MR) is 162 cm³/mol. The van der Waals surface area contributed by atoms with Crippen LogP contribution in [0.2, 0.25) is 0 Å². The third kappa shape index (κ3) is 4.10. The number of aryl methyl sites for hydroxylation is 1. The first kappa shape index (κ1) is 28.3. The maximum absolute atomic E-state index is 13.9. The molecule has 4 aliphatic carbocycles. The SMILES string of the molecule is CCc1cccc2c(OC(=O)C3C4C=C(C)C(C4)C3C(=O)O)c3ccccc3c(OC(=O)C3C4C=C(C)C(C4)C3C(=O)O)c12. The van der Waals surface area contributed by atoms with Gasteiger partial charge in [-0.15, -0.1) is 0 Å². The summed E-state index contributed by atoms with van der Waals surface area (Å²) in [5.41, 5.74) is 2.88. The van der Waals surface area contributed by atoms with E-state index in [4.69, 9.17) is 9.47 Å². The normalized spacial score (nSPS) is 30.0. The lowest BCUT2D eigenvalue weighted by atomic mass is 9.80. The number of carbonyl (C=O) groups is 4. The lowest BCUT2D eigenvalue weighted by molar-refractivity contribution is -0.152. The standard InChI is InChI=1S/C36H34O8/c1-4-18-8-7-11-23-26(18)32(44-36(42)28-20-13-17(3)25(15-20)30(28)34(39)40)22-10-6-5-9-21(22)31(23)43-35(41)27-19-12-16(2)24(14-19)29(27)33(37)38/h5-13,19-20,24-25,27-30H,4,14-15H2,1-3H3,(H,37,38)(H,39,40). The summed E-state index contributed by atoms with van der Waals surface area (Å²) in [5, 5.41) is 22.4. The largest absolute Gasteiger partial charge is 0.481 e. The molecule has 3 aromatic rings. The van der Waals surface area contributed by atoms with Crippen LogP contribution in [0.4, 0.5) is 0 Å². The van der Waals surface area contributed by atoms with Crippen LogP contribution in [-0.2, 0) is 25.6 Å². The van der Waals surface area contributed by atoms with Crippen molar-refractivity contribution < 1.29 is 38.9 Å². The quantitative estimate of drug-likeness (QED) is 0.143. The third-order valence-electron chi connectivity index (χ3n) is 10.7. The molecule has 0 amide bonds. The minimum Gasteiger partial charge on any atom is -0.481 e. The lowest BCUT2D eigenvalue weighted by Crippen LogP contribution is -2.36. The number of allylic oxidation sites excluding steroid dienone is 4. The van der Waals surface area contributed by atoms with E-state index in [1.807, 2.05) is 51.1 Å². The van der Waals surface area contributed by atoms with Gasteiger partial charge in [0.05, 0.1) is 23.7 Å². The first-order chi connectivity index (χ1) is 21.1. The van der Waals surface area contributed by atoms with Crippen molar-refractivity contribution in [2.45, 2.75) is 40.0 Å².